The van der Waals surface area contributed by atoms with Crippen molar-refractivity contribution in [1.29, 1.82) is 0 Å². The standard InChI is InChI=1S/C15H15N3O/c1-10-6-7-16-9-12(10)15-17-13-8-11(19-3)4-5-14(13)18(15)2/h4-9H,1-3H3. The van der Waals surface area contributed by atoms with Crippen molar-refractivity contribution in [3.8, 4) is 17.1 Å². The molecular formula is C15H15N3O. The number of hydrogen-bond acceptors (Lipinski definition) is 3. The Kier molecular flexibility index (Phi) is 2.71. The maximum absolute atomic E-state index is 5.24. The van der Waals surface area contributed by atoms with Crippen LogP contribution >= 0.6 is 0 Å². The molecule has 0 amide bonds. The van der Waals surface area contributed by atoms with E-state index in [1.165, 1.54) is 5.56 Å². The highest BCUT2D eigenvalue weighted by Crippen LogP contribution is 2.27. The van der Waals surface area contributed by atoms with E-state index in [-0.39, 0.29) is 0 Å². The monoisotopic (exact) mass is 253 g/mol. The molecule has 0 bridgehead atoms. The van der Waals surface area contributed by atoms with Crippen LogP contribution in [-0.2, 0) is 7.05 Å². The Morgan fingerprint density at radius 3 is 2.79 bits per heavy atom. The Bertz CT molecular complexity index is 746. The summed E-state index contributed by atoms with van der Waals surface area (Å²) in [6, 6.07) is 7.92. The minimum atomic E-state index is 0.819. The Morgan fingerprint density at radius 1 is 1.21 bits per heavy atom. The van der Waals surface area contributed by atoms with Gasteiger partial charge < -0.3 is 9.30 Å². The molecule has 0 aliphatic heterocycles. The minimum Gasteiger partial charge on any atom is -0.497 e. The third kappa shape index (κ3) is 1.85. The summed E-state index contributed by atoms with van der Waals surface area (Å²) in [4.78, 5) is 8.88. The zero-order valence-corrected chi connectivity index (χ0v) is 11.2. The normalized spacial score (nSPS) is 10.9. The summed E-state index contributed by atoms with van der Waals surface area (Å²) in [5, 5.41) is 0. The smallest absolute Gasteiger partial charge is 0.142 e. The van der Waals surface area contributed by atoms with E-state index in [0.29, 0.717) is 0 Å². The third-order valence-electron chi connectivity index (χ3n) is 3.37. The van der Waals surface area contributed by atoms with Gasteiger partial charge in [-0.15, -0.1) is 0 Å². The molecule has 4 heteroatoms. The number of hydrogen-bond donors (Lipinski definition) is 0. The van der Waals surface area contributed by atoms with Crippen molar-refractivity contribution in [2.24, 2.45) is 7.05 Å². The summed E-state index contributed by atoms with van der Waals surface area (Å²) < 4.78 is 7.32. The van der Waals surface area contributed by atoms with Crippen LogP contribution in [-0.4, -0.2) is 21.6 Å². The molecule has 0 saturated carbocycles. The molecule has 0 N–H and O–H groups in total. The molecule has 0 saturated heterocycles. The lowest BCUT2D eigenvalue weighted by molar-refractivity contribution is 0.415. The second-order valence-corrected chi connectivity index (χ2v) is 4.54. The highest BCUT2D eigenvalue weighted by Gasteiger charge is 2.12. The molecular weight excluding hydrogens is 238 g/mol. The van der Waals surface area contributed by atoms with Gasteiger partial charge >= 0.3 is 0 Å². The predicted octanol–water partition coefficient (Wildman–Crippen LogP) is 2.95. The molecule has 2 heterocycles. The summed E-state index contributed by atoms with van der Waals surface area (Å²) in [7, 11) is 3.68. The molecule has 0 aliphatic carbocycles. The zero-order chi connectivity index (χ0) is 13.4. The van der Waals surface area contributed by atoms with Crippen molar-refractivity contribution in [2.75, 3.05) is 7.11 Å². The van der Waals surface area contributed by atoms with E-state index in [2.05, 4.69) is 16.5 Å². The van der Waals surface area contributed by atoms with Crippen molar-refractivity contribution in [2.45, 2.75) is 6.92 Å². The number of ether oxygens (including phenoxy) is 1. The number of aromatic nitrogens is 3. The molecule has 96 valence electrons. The van der Waals surface area contributed by atoms with Gasteiger partial charge in [-0.05, 0) is 30.7 Å². The molecule has 3 aromatic rings. The summed E-state index contributed by atoms with van der Waals surface area (Å²) in [6.45, 7) is 2.07. The van der Waals surface area contributed by atoms with Crippen molar-refractivity contribution >= 4 is 11.0 Å². The van der Waals surface area contributed by atoms with Crippen LogP contribution in [0, 0.1) is 6.92 Å². The van der Waals surface area contributed by atoms with Gasteiger partial charge in [0.15, 0.2) is 0 Å². The predicted molar refractivity (Wildman–Crippen MR) is 75.2 cm³/mol. The summed E-state index contributed by atoms with van der Waals surface area (Å²) >= 11 is 0. The maximum Gasteiger partial charge on any atom is 0.142 e. The van der Waals surface area contributed by atoms with Crippen LogP contribution in [0.1, 0.15) is 5.56 Å². The van der Waals surface area contributed by atoms with Crippen molar-refractivity contribution < 1.29 is 4.74 Å². The van der Waals surface area contributed by atoms with Gasteiger partial charge in [0.05, 0.1) is 18.1 Å². The molecule has 2 aromatic heterocycles. The van der Waals surface area contributed by atoms with Crippen LogP contribution in [0.3, 0.4) is 0 Å². The van der Waals surface area contributed by atoms with Crippen LogP contribution in [0.15, 0.2) is 36.7 Å². The first kappa shape index (κ1) is 11.7. The highest BCUT2D eigenvalue weighted by molar-refractivity contribution is 5.82. The second kappa shape index (κ2) is 4.39. The summed E-state index contributed by atoms with van der Waals surface area (Å²) in [6.07, 6.45) is 3.65. The lowest BCUT2D eigenvalue weighted by Gasteiger charge is -2.04. The van der Waals surface area contributed by atoms with E-state index in [0.717, 1.165) is 28.2 Å². The van der Waals surface area contributed by atoms with E-state index in [1.54, 1.807) is 13.3 Å². The average molecular weight is 253 g/mol. The number of benzene rings is 1. The third-order valence-corrected chi connectivity index (χ3v) is 3.37. The lowest BCUT2D eigenvalue weighted by Crippen LogP contribution is -1.94. The molecule has 0 unspecified atom stereocenters. The molecule has 3 rings (SSSR count). The number of fused-ring (bicyclic) bond motifs is 1. The molecule has 0 atom stereocenters. The molecule has 0 aliphatic rings. The average Bonchev–Trinajstić information content (AvgIpc) is 2.76. The lowest BCUT2D eigenvalue weighted by atomic mass is 10.1. The molecule has 0 fully saturated rings. The number of nitrogens with zero attached hydrogens (tertiary/aromatic N) is 3. The first-order valence-electron chi connectivity index (χ1n) is 6.12. The van der Waals surface area contributed by atoms with Gasteiger partial charge in [-0.3, -0.25) is 4.98 Å². The fraction of sp³-hybridized carbons (Fsp3) is 0.200. The van der Waals surface area contributed by atoms with Crippen molar-refractivity contribution in [3.63, 3.8) is 0 Å². The Labute approximate surface area is 111 Å². The molecule has 4 nitrogen and oxygen atoms in total. The number of aryl methyl sites for hydroxylation is 2. The second-order valence-electron chi connectivity index (χ2n) is 4.54. The first-order valence-corrected chi connectivity index (χ1v) is 6.12. The quantitative estimate of drug-likeness (QED) is 0.705. The number of pyridine rings is 1. The van der Waals surface area contributed by atoms with Gasteiger partial charge in [0.1, 0.15) is 11.6 Å². The Morgan fingerprint density at radius 2 is 2.05 bits per heavy atom. The highest BCUT2D eigenvalue weighted by atomic mass is 16.5. The van der Waals surface area contributed by atoms with Gasteiger partial charge in [0, 0.05) is 31.1 Å². The zero-order valence-electron chi connectivity index (χ0n) is 11.2. The summed E-state index contributed by atoms with van der Waals surface area (Å²) in [5.41, 5.74) is 4.24. The van der Waals surface area contributed by atoms with Crippen LogP contribution in [0.25, 0.3) is 22.4 Å². The van der Waals surface area contributed by atoms with Crippen molar-refractivity contribution in [3.05, 3.63) is 42.2 Å². The van der Waals surface area contributed by atoms with Gasteiger partial charge in [-0.25, -0.2) is 4.98 Å². The number of rotatable bonds is 2. The van der Waals surface area contributed by atoms with Crippen LogP contribution in [0.2, 0.25) is 0 Å². The topological polar surface area (TPSA) is 39.9 Å². The molecule has 19 heavy (non-hydrogen) atoms. The minimum absolute atomic E-state index is 0.819. The Balaban J connectivity index is 2.25. The van der Waals surface area contributed by atoms with E-state index in [4.69, 9.17) is 9.72 Å². The van der Waals surface area contributed by atoms with Crippen molar-refractivity contribution in [1.82, 2.24) is 14.5 Å². The van der Waals surface area contributed by atoms with Crippen LogP contribution in [0.5, 0.6) is 5.75 Å². The fourth-order valence-electron chi connectivity index (χ4n) is 2.25. The van der Waals surface area contributed by atoms with Gasteiger partial charge in [0.2, 0.25) is 0 Å². The van der Waals surface area contributed by atoms with E-state index in [1.807, 2.05) is 37.5 Å². The Hall–Kier alpha value is -2.36. The largest absolute Gasteiger partial charge is 0.497 e. The summed E-state index contributed by atoms with van der Waals surface area (Å²) in [5.74, 6) is 1.74. The fourth-order valence-corrected chi connectivity index (χ4v) is 2.25. The molecule has 0 spiro atoms. The van der Waals surface area contributed by atoms with E-state index in [9.17, 15) is 0 Å². The van der Waals surface area contributed by atoms with E-state index < -0.39 is 0 Å². The van der Waals surface area contributed by atoms with E-state index >= 15 is 0 Å². The van der Waals surface area contributed by atoms with Gasteiger partial charge in [-0.2, -0.15) is 0 Å². The van der Waals surface area contributed by atoms with Crippen LogP contribution in [0.4, 0.5) is 0 Å². The van der Waals surface area contributed by atoms with Crippen LogP contribution < -0.4 is 4.74 Å². The maximum atomic E-state index is 5.24. The number of imidazole rings is 1. The first-order chi connectivity index (χ1) is 9.20. The number of methoxy groups -OCH3 is 1. The molecule has 1 aromatic carbocycles. The van der Waals surface area contributed by atoms with Gasteiger partial charge in [0.25, 0.3) is 0 Å². The molecule has 0 radical (unpaired) electrons. The SMILES string of the molecule is COc1ccc2c(c1)nc(-c1cnccc1C)n2C. The van der Waals surface area contributed by atoms with Gasteiger partial charge in [-0.1, -0.05) is 0 Å².